The van der Waals surface area contributed by atoms with Gasteiger partial charge in [0, 0.05) is 30.3 Å². The second-order valence-corrected chi connectivity index (χ2v) is 7.32. The molecule has 0 aliphatic heterocycles. The molecular formula is C19H20N4O3S. The predicted molar refractivity (Wildman–Crippen MR) is 106 cm³/mol. The highest BCUT2D eigenvalue weighted by Crippen LogP contribution is 2.29. The number of benzene rings is 1. The minimum absolute atomic E-state index is 0.190. The second-order valence-electron chi connectivity index (χ2n) is 6.46. The molecule has 1 N–H and O–H groups in total. The van der Waals surface area contributed by atoms with Crippen LogP contribution in [-0.2, 0) is 18.4 Å². The van der Waals surface area contributed by atoms with Crippen LogP contribution in [0.15, 0.2) is 39.4 Å². The highest BCUT2D eigenvalue weighted by molar-refractivity contribution is 7.14. The fraction of sp³-hybridized carbons (Fsp3) is 0.263. The van der Waals surface area contributed by atoms with Crippen LogP contribution in [0.4, 0.5) is 5.13 Å². The summed E-state index contributed by atoms with van der Waals surface area (Å²) in [6.07, 6.45) is 1.32. The van der Waals surface area contributed by atoms with Crippen molar-refractivity contribution in [2.24, 2.45) is 7.05 Å². The molecule has 1 aromatic carbocycles. The Morgan fingerprint density at radius 3 is 2.59 bits per heavy atom. The van der Waals surface area contributed by atoms with E-state index in [9.17, 15) is 14.4 Å². The summed E-state index contributed by atoms with van der Waals surface area (Å²) in [7, 11) is 1.37. The van der Waals surface area contributed by atoms with Crippen LogP contribution in [0.1, 0.15) is 16.7 Å². The molecule has 140 valence electrons. The number of aromatic nitrogens is 3. The van der Waals surface area contributed by atoms with Gasteiger partial charge in [-0.1, -0.05) is 6.07 Å². The Balaban J connectivity index is 1.77. The number of thiazole rings is 1. The van der Waals surface area contributed by atoms with E-state index in [0.717, 1.165) is 21.4 Å². The Morgan fingerprint density at radius 1 is 1.15 bits per heavy atom. The molecule has 2 aromatic heterocycles. The molecule has 0 unspecified atom stereocenters. The van der Waals surface area contributed by atoms with Gasteiger partial charge in [-0.05, 0) is 43.5 Å². The van der Waals surface area contributed by atoms with E-state index in [1.807, 2.05) is 12.3 Å². The SMILES string of the molecule is Cc1cc(C)c(-c2csc(NC(=O)Cn3ccc(=O)n(C)c3=O)n2)cc1C. The van der Waals surface area contributed by atoms with E-state index in [1.54, 1.807) is 0 Å². The molecule has 0 saturated carbocycles. The van der Waals surface area contributed by atoms with Gasteiger partial charge in [0.25, 0.3) is 5.56 Å². The number of nitrogens with one attached hydrogen (secondary N) is 1. The normalized spacial score (nSPS) is 10.8. The number of hydrogen-bond donors (Lipinski definition) is 1. The Hall–Kier alpha value is -3.00. The highest BCUT2D eigenvalue weighted by Gasteiger charge is 2.12. The molecule has 0 saturated heterocycles. The lowest BCUT2D eigenvalue weighted by atomic mass is 9.99. The zero-order valence-corrected chi connectivity index (χ0v) is 16.4. The van der Waals surface area contributed by atoms with Crippen LogP contribution < -0.4 is 16.6 Å². The van der Waals surface area contributed by atoms with Gasteiger partial charge >= 0.3 is 5.69 Å². The fourth-order valence-electron chi connectivity index (χ4n) is 2.74. The summed E-state index contributed by atoms with van der Waals surface area (Å²) in [6, 6.07) is 5.46. The molecule has 0 fully saturated rings. The van der Waals surface area contributed by atoms with Crippen LogP contribution in [0.3, 0.4) is 0 Å². The van der Waals surface area contributed by atoms with E-state index < -0.39 is 11.2 Å². The van der Waals surface area contributed by atoms with Gasteiger partial charge in [0.05, 0.1) is 5.69 Å². The highest BCUT2D eigenvalue weighted by atomic mass is 32.1. The van der Waals surface area contributed by atoms with Gasteiger partial charge in [-0.15, -0.1) is 11.3 Å². The fourth-order valence-corrected chi connectivity index (χ4v) is 3.47. The van der Waals surface area contributed by atoms with Crippen LogP contribution in [0.2, 0.25) is 0 Å². The van der Waals surface area contributed by atoms with Crippen molar-refractivity contribution in [2.45, 2.75) is 27.3 Å². The molecule has 0 radical (unpaired) electrons. The van der Waals surface area contributed by atoms with Gasteiger partial charge in [0.2, 0.25) is 5.91 Å². The van der Waals surface area contributed by atoms with Crippen LogP contribution in [0.25, 0.3) is 11.3 Å². The Bertz CT molecular complexity index is 1140. The summed E-state index contributed by atoms with van der Waals surface area (Å²) in [6.45, 7) is 5.97. The summed E-state index contributed by atoms with van der Waals surface area (Å²) in [5, 5.41) is 5.07. The van der Waals surface area contributed by atoms with E-state index >= 15 is 0 Å². The van der Waals surface area contributed by atoms with Gasteiger partial charge in [-0.25, -0.2) is 9.78 Å². The van der Waals surface area contributed by atoms with E-state index in [0.29, 0.717) is 5.13 Å². The molecule has 27 heavy (non-hydrogen) atoms. The number of amides is 1. The summed E-state index contributed by atoms with van der Waals surface area (Å²) < 4.78 is 2.13. The quantitative estimate of drug-likeness (QED) is 0.747. The third-order valence-electron chi connectivity index (χ3n) is 4.44. The third kappa shape index (κ3) is 3.90. The molecule has 0 aliphatic carbocycles. The lowest BCUT2D eigenvalue weighted by Gasteiger charge is -2.08. The first-order valence-corrected chi connectivity index (χ1v) is 9.24. The van der Waals surface area contributed by atoms with Crippen LogP contribution >= 0.6 is 11.3 Å². The molecule has 8 heteroatoms. The topological polar surface area (TPSA) is 86.0 Å². The van der Waals surface area contributed by atoms with E-state index in [-0.39, 0.29) is 12.5 Å². The molecule has 1 amide bonds. The van der Waals surface area contributed by atoms with Crippen molar-refractivity contribution in [3.05, 3.63) is 67.3 Å². The molecule has 0 aliphatic rings. The maximum atomic E-state index is 12.3. The van der Waals surface area contributed by atoms with E-state index in [1.165, 1.54) is 46.3 Å². The average molecular weight is 384 g/mol. The molecule has 2 heterocycles. The zero-order chi connectivity index (χ0) is 19.7. The lowest BCUT2D eigenvalue weighted by Crippen LogP contribution is -2.38. The number of carbonyl (C=O) groups excluding carboxylic acids is 1. The predicted octanol–water partition coefficient (Wildman–Crippen LogP) is 2.23. The van der Waals surface area contributed by atoms with Crippen molar-refractivity contribution >= 4 is 22.4 Å². The average Bonchev–Trinajstić information content (AvgIpc) is 3.06. The Morgan fingerprint density at radius 2 is 1.85 bits per heavy atom. The summed E-state index contributed by atoms with van der Waals surface area (Å²) in [4.78, 5) is 40.2. The molecule has 0 spiro atoms. The maximum Gasteiger partial charge on any atom is 0.331 e. The lowest BCUT2D eigenvalue weighted by molar-refractivity contribution is -0.116. The number of hydrogen-bond acceptors (Lipinski definition) is 5. The van der Waals surface area contributed by atoms with Crippen LogP contribution in [0, 0.1) is 20.8 Å². The standard InChI is InChI=1S/C19H20N4O3S/c1-11-7-13(3)14(8-12(11)2)15-10-27-18(20-15)21-16(24)9-23-6-5-17(25)22(4)19(23)26/h5-8,10H,9H2,1-4H3,(H,20,21,24). The minimum atomic E-state index is -0.539. The monoisotopic (exact) mass is 384 g/mol. The molecule has 7 nitrogen and oxygen atoms in total. The molecular weight excluding hydrogens is 364 g/mol. The molecule has 3 rings (SSSR count). The zero-order valence-electron chi connectivity index (χ0n) is 15.6. The van der Waals surface area contributed by atoms with E-state index in [2.05, 4.69) is 36.3 Å². The van der Waals surface area contributed by atoms with Crippen molar-refractivity contribution in [3.8, 4) is 11.3 Å². The first-order chi connectivity index (χ1) is 12.8. The molecule has 0 bridgehead atoms. The van der Waals surface area contributed by atoms with Gasteiger partial charge in [-0.3, -0.25) is 18.7 Å². The number of anilines is 1. The van der Waals surface area contributed by atoms with Gasteiger partial charge in [-0.2, -0.15) is 0 Å². The summed E-state index contributed by atoms with van der Waals surface area (Å²) >= 11 is 1.33. The summed E-state index contributed by atoms with van der Waals surface area (Å²) in [5.74, 6) is -0.381. The van der Waals surface area contributed by atoms with Crippen molar-refractivity contribution < 1.29 is 4.79 Å². The van der Waals surface area contributed by atoms with Gasteiger partial charge < -0.3 is 5.32 Å². The van der Waals surface area contributed by atoms with Crippen molar-refractivity contribution in [3.63, 3.8) is 0 Å². The van der Waals surface area contributed by atoms with Crippen LogP contribution in [-0.4, -0.2) is 20.0 Å². The first-order valence-electron chi connectivity index (χ1n) is 8.36. The summed E-state index contributed by atoms with van der Waals surface area (Å²) in [5.41, 5.74) is 4.41. The van der Waals surface area contributed by atoms with Crippen molar-refractivity contribution in [2.75, 3.05) is 5.32 Å². The number of nitrogens with zero attached hydrogens (tertiary/aromatic N) is 3. The maximum absolute atomic E-state index is 12.3. The van der Waals surface area contributed by atoms with Crippen LogP contribution in [0.5, 0.6) is 0 Å². The van der Waals surface area contributed by atoms with Gasteiger partial charge in [0.15, 0.2) is 5.13 Å². The number of aryl methyl sites for hydroxylation is 3. The second kappa shape index (κ2) is 7.32. The van der Waals surface area contributed by atoms with E-state index in [4.69, 9.17) is 0 Å². The van der Waals surface area contributed by atoms with Gasteiger partial charge in [0.1, 0.15) is 6.54 Å². The number of rotatable bonds is 4. The minimum Gasteiger partial charge on any atom is -0.300 e. The molecule has 3 aromatic rings. The van der Waals surface area contributed by atoms with Crippen molar-refractivity contribution in [1.29, 1.82) is 0 Å². The smallest absolute Gasteiger partial charge is 0.300 e. The molecule has 0 atom stereocenters. The number of carbonyl (C=O) groups is 1. The largest absolute Gasteiger partial charge is 0.331 e. The Labute approximate surface area is 159 Å². The Kier molecular flexibility index (Phi) is 5.09. The van der Waals surface area contributed by atoms with Crippen molar-refractivity contribution in [1.82, 2.24) is 14.1 Å². The first kappa shape index (κ1) is 18.8. The third-order valence-corrected chi connectivity index (χ3v) is 5.20.